The zero-order chi connectivity index (χ0) is 12.7. The lowest BCUT2D eigenvalue weighted by molar-refractivity contribution is -0.101. The third kappa shape index (κ3) is 4.37. The van der Waals surface area contributed by atoms with Crippen molar-refractivity contribution in [2.24, 2.45) is 5.16 Å². The molecule has 17 heavy (non-hydrogen) atoms. The summed E-state index contributed by atoms with van der Waals surface area (Å²) < 4.78 is 5.49. The summed E-state index contributed by atoms with van der Waals surface area (Å²) in [6.07, 6.45) is -0.0322. The molecule has 7 heteroatoms. The molecule has 0 saturated carbocycles. The first-order chi connectivity index (χ1) is 8.17. The largest absolute Gasteiger partial charge is 0.360 e. The van der Waals surface area contributed by atoms with Crippen molar-refractivity contribution < 1.29 is 9.57 Å². The molecule has 2 radical (unpaired) electrons. The van der Waals surface area contributed by atoms with Gasteiger partial charge in [-0.25, -0.2) is 4.90 Å². The van der Waals surface area contributed by atoms with Gasteiger partial charge in [0.1, 0.15) is 18.4 Å². The van der Waals surface area contributed by atoms with Crippen LogP contribution in [0, 0.1) is 29.4 Å². The lowest BCUT2D eigenvalue weighted by atomic mass is 10.4. The average Bonchev–Trinajstić information content (AvgIpc) is 2.35. The Morgan fingerprint density at radius 2 is 2.18 bits per heavy atom. The summed E-state index contributed by atoms with van der Waals surface area (Å²) in [7, 11) is 3.83. The van der Waals surface area contributed by atoms with Crippen LogP contribution >= 0.6 is 0 Å². The van der Waals surface area contributed by atoms with Gasteiger partial charge in [0.05, 0.1) is 6.61 Å². The summed E-state index contributed by atoms with van der Waals surface area (Å²) in [4.78, 5) is 8.38. The summed E-state index contributed by atoms with van der Waals surface area (Å²) in [6.45, 7) is 4.33. The standard InChI is InChI=1S/C10H13N5O2/c1-14(2)10-7-15(3-4-16-10)8-17-13-9(5-11)6-12/h10H,3-4,7H2,1-2H3. The third-order valence-electron chi connectivity index (χ3n) is 2.14. The van der Waals surface area contributed by atoms with E-state index in [1.807, 2.05) is 19.0 Å². The van der Waals surface area contributed by atoms with Crippen LogP contribution in [0.15, 0.2) is 5.16 Å². The van der Waals surface area contributed by atoms with E-state index in [1.54, 1.807) is 17.0 Å². The predicted octanol–water partition coefficient (Wildman–Crippen LogP) is -0.378. The molecule has 1 rings (SSSR count). The molecule has 90 valence electrons. The normalized spacial score (nSPS) is 20.4. The number of ether oxygens (including phenoxy) is 1. The highest BCUT2D eigenvalue weighted by atomic mass is 16.6. The molecule has 0 aromatic rings. The Morgan fingerprint density at radius 1 is 1.47 bits per heavy atom. The van der Waals surface area contributed by atoms with E-state index < -0.39 is 0 Å². The molecule has 1 saturated heterocycles. The average molecular weight is 235 g/mol. The monoisotopic (exact) mass is 235 g/mol. The van der Waals surface area contributed by atoms with Gasteiger partial charge < -0.3 is 9.57 Å². The molecule has 1 fully saturated rings. The fraction of sp³-hybridized carbons (Fsp3) is 0.600. The zero-order valence-electron chi connectivity index (χ0n) is 9.75. The maximum atomic E-state index is 8.43. The van der Waals surface area contributed by atoms with Gasteiger partial charge in [0.2, 0.25) is 0 Å². The number of morpholine rings is 1. The molecule has 1 atom stereocenters. The molecular formula is C10H13N5O2. The Labute approximate surface area is 100 Å². The van der Waals surface area contributed by atoms with Gasteiger partial charge in [-0.2, -0.15) is 10.5 Å². The second kappa shape index (κ2) is 6.81. The highest BCUT2D eigenvalue weighted by Crippen LogP contribution is 2.08. The minimum Gasteiger partial charge on any atom is -0.360 e. The Kier molecular flexibility index (Phi) is 5.37. The van der Waals surface area contributed by atoms with E-state index in [1.165, 1.54) is 0 Å². The zero-order valence-corrected chi connectivity index (χ0v) is 9.75. The van der Waals surface area contributed by atoms with E-state index in [0.29, 0.717) is 19.7 Å². The number of nitriles is 2. The Balaban J connectivity index is 2.36. The number of rotatable bonds is 4. The van der Waals surface area contributed by atoms with Crippen molar-refractivity contribution in [1.29, 1.82) is 10.5 Å². The fourth-order valence-electron chi connectivity index (χ4n) is 1.22. The molecule has 1 heterocycles. The van der Waals surface area contributed by atoms with Crippen molar-refractivity contribution in [3.63, 3.8) is 0 Å². The van der Waals surface area contributed by atoms with Crippen molar-refractivity contribution in [2.75, 3.05) is 33.8 Å². The first kappa shape index (κ1) is 13.4. The first-order valence-electron chi connectivity index (χ1n) is 5.00. The van der Waals surface area contributed by atoms with Gasteiger partial charge in [-0.3, -0.25) is 4.90 Å². The Hall–Kier alpha value is -1.67. The van der Waals surface area contributed by atoms with Crippen molar-refractivity contribution >= 4 is 5.71 Å². The predicted molar refractivity (Wildman–Crippen MR) is 58.0 cm³/mol. The minimum atomic E-state index is -0.338. The summed E-state index contributed by atoms with van der Waals surface area (Å²) >= 11 is 0. The molecule has 0 aliphatic carbocycles. The fourth-order valence-corrected chi connectivity index (χ4v) is 1.22. The second-order valence-electron chi connectivity index (χ2n) is 3.58. The van der Waals surface area contributed by atoms with Crippen LogP contribution in [0.3, 0.4) is 0 Å². The van der Waals surface area contributed by atoms with E-state index in [2.05, 4.69) is 16.7 Å². The van der Waals surface area contributed by atoms with Gasteiger partial charge in [0.15, 0.2) is 0 Å². The SMILES string of the molecule is CN(C)C1CN([C]ON=C(C#N)C#N)CCO1. The third-order valence-corrected chi connectivity index (χ3v) is 2.14. The summed E-state index contributed by atoms with van der Waals surface area (Å²) in [5.74, 6) is 0. The molecule has 0 amide bonds. The van der Waals surface area contributed by atoms with Crippen LogP contribution in [0.25, 0.3) is 0 Å². The van der Waals surface area contributed by atoms with Crippen LogP contribution in [0.2, 0.25) is 0 Å². The molecule has 0 spiro atoms. The summed E-state index contributed by atoms with van der Waals surface area (Å²) in [5.41, 5.74) is -0.338. The van der Waals surface area contributed by atoms with Crippen LogP contribution < -0.4 is 0 Å². The maximum Gasteiger partial charge on any atom is 0.316 e. The van der Waals surface area contributed by atoms with Crippen LogP contribution in [0.4, 0.5) is 0 Å². The number of hydrogen-bond acceptors (Lipinski definition) is 7. The van der Waals surface area contributed by atoms with Gasteiger partial charge in [-0.1, -0.05) is 5.16 Å². The van der Waals surface area contributed by atoms with Crippen molar-refractivity contribution in [1.82, 2.24) is 9.80 Å². The van der Waals surface area contributed by atoms with Crippen molar-refractivity contribution in [2.45, 2.75) is 6.23 Å². The summed E-state index contributed by atoms with van der Waals surface area (Å²) in [6, 6.07) is 3.18. The molecule has 1 aliphatic heterocycles. The molecule has 0 aromatic carbocycles. The van der Waals surface area contributed by atoms with Crippen LogP contribution in [0.5, 0.6) is 0 Å². The molecule has 1 unspecified atom stereocenters. The number of nitrogens with zero attached hydrogens (tertiary/aromatic N) is 5. The number of oxime groups is 1. The topological polar surface area (TPSA) is 84.9 Å². The molecule has 0 N–H and O–H groups in total. The molecule has 7 nitrogen and oxygen atoms in total. The molecule has 0 aromatic heterocycles. The summed E-state index contributed by atoms with van der Waals surface area (Å²) in [5, 5.41) is 20.2. The molecule has 0 bridgehead atoms. The molecule has 1 aliphatic rings. The van der Waals surface area contributed by atoms with Crippen LogP contribution in [-0.2, 0) is 9.57 Å². The lowest BCUT2D eigenvalue weighted by Crippen LogP contribution is -2.47. The van der Waals surface area contributed by atoms with Gasteiger partial charge in [-0.15, -0.1) is 0 Å². The quantitative estimate of drug-likeness (QED) is 0.488. The lowest BCUT2D eigenvalue weighted by Gasteiger charge is -2.34. The smallest absolute Gasteiger partial charge is 0.316 e. The maximum absolute atomic E-state index is 8.43. The van der Waals surface area contributed by atoms with Crippen molar-refractivity contribution in [3.05, 3.63) is 6.73 Å². The molecular weight excluding hydrogens is 222 g/mol. The van der Waals surface area contributed by atoms with Gasteiger partial charge in [-0.05, 0) is 14.1 Å². The Morgan fingerprint density at radius 3 is 2.76 bits per heavy atom. The van der Waals surface area contributed by atoms with E-state index in [4.69, 9.17) is 15.3 Å². The Bertz CT molecular complexity index is 339. The highest BCUT2D eigenvalue weighted by Gasteiger charge is 2.23. The van der Waals surface area contributed by atoms with E-state index in [-0.39, 0.29) is 11.9 Å². The number of hydrogen-bond donors (Lipinski definition) is 0. The van der Waals surface area contributed by atoms with Crippen molar-refractivity contribution in [3.8, 4) is 12.1 Å². The van der Waals surface area contributed by atoms with Gasteiger partial charge >= 0.3 is 6.73 Å². The second-order valence-corrected chi connectivity index (χ2v) is 3.58. The highest BCUT2D eigenvalue weighted by molar-refractivity contribution is 6.09. The van der Waals surface area contributed by atoms with E-state index in [9.17, 15) is 0 Å². The van der Waals surface area contributed by atoms with Gasteiger partial charge in [0, 0.05) is 13.1 Å². The van der Waals surface area contributed by atoms with Crippen LogP contribution in [-0.4, -0.2) is 55.5 Å². The minimum absolute atomic E-state index is 0.0322. The van der Waals surface area contributed by atoms with Crippen LogP contribution in [0.1, 0.15) is 0 Å². The first-order valence-corrected chi connectivity index (χ1v) is 5.00. The van der Waals surface area contributed by atoms with Gasteiger partial charge in [0.25, 0.3) is 5.71 Å². The van der Waals surface area contributed by atoms with E-state index >= 15 is 0 Å². The number of likely N-dealkylation sites (N-methyl/N-ethyl adjacent to an activating group) is 1. The van der Waals surface area contributed by atoms with E-state index in [0.717, 1.165) is 0 Å².